The standard InChI is InChI=1S/C19H26N4O4/c1-12(2)13-6-8-14(9-7-13)19(3)17(26)23(18(27)21-19)11-15(24)20-10-16(25)22(4)5/h6-9,12H,10-11H2,1-5H3,(H,20,24)(H,21,27)/t19-/m0/s1. The van der Waals surface area contributed by atoms with E-state index in [2.05, 4.69) is 24.5 Å². The number of carbonyl (C=O) groups is 4. The molecule has 8 nitrogen and oxygen atoms in total. The Bertz CT molecular complexity index is 757. The van der Waals surface area contributed by atoms with Crippen molar-refractivity contribution < 1.29 is 19.2 Å². The molecule has 1 aliphatic rings. The Labute approximate surface area is 158 Å². The summed E-state index contributed by atoms with van der Waals surface area (Å²) in [4.78, 5) is 50.9. The van der Waals surface area contributed by atoms with Gasteiger partial charge in [0.05, 0.1) is 6.54 Å². The maximum Gasteiger partial charge on any atom is 0.325 e. The van der Waals surface area contributed by atoms with Gasteiger partial charge in [0, 0.05) is 14.1 Å². The molecule has 0 spiro atoms. The van der Waals surface area contributed by atoms with E-state index in [0.717, 1.165) is 10.5 Å². The summed E-state index contributed by atoms with van der Waals surface area (Å²) in [5.74, 6) is -1.01. The van der Waals surface area contributed by atoms with Gasteiger partial charge >= 0.3 is 6.03 Å². The zero-order valence-corrected chi connectivity index (χ0v) is 16.3. The van der Waals surface area contributed by atoms with E-state index >= 15 is 0 Å². The number of urea groups is 1. The summed E-state index contributed by atoms with van der Waals surface area (Å²) in [5, 5.41) is 5.08. The van der Waals surface area contributed by atoms with Gasteiger partial charge in [0.1, 0.15) is 12.1 Å². The largest absolute Gasteiger partial charge is 0.347 e. The fourth-order valence-corrected chi connectivity index (χ4v) is 2.77. The second-order valence-electron chi connectivity index (χ2n) is 7.29. The SMILES string of the molecule is CC(C)c1ccc([C@]2(C)NC(=O)N(CC(=O)NCC(=O)N(C)C)C2=O)cc1. The molecule has 2 rings (SSSR count). The molecule has 2 N–H and O–H groups in total. The van der Waals surface area contributed by atoms with Crippen molar-refractivity contribution >= 4 is 23.8 Å². The summed E-state index contributed by atoms with van der Waals surface area (Å²) in [6.45, 7) is 5.13. The van der Waals surface area contributed by atoms with Crippen molar-refractivity contribution in [1.82, 2.24) is 20.4 Å². The molecule has 1 heterocycles. The fourth-order valence-electron chi connectivity index (χ4n) is 2.77. The highest BCUT2D eigenvalue weighted by Gasteiger charge is 2.49. The van der Waals surface area contributed by atoms with E-state index in [1.807, 2.05) is 24.3 Å². The van der Waals surface area contributed by atoms with E-state index in [9.17, 15) is 19.2 Å². The van der Waals surface area contributed by atoms with Crippen molar-refractivity contribution in [2.45, 2.75) is 32.2 Å². The van der Waals surface area contributed by atoms with E-state index in [-0.39, 0.29) is 12.5 Å². The van der Waals surface area contributed by atoms with Gasteiger partial charge in [0.2, 0.25) is 11.8 Å². The van der Waals surface area contributed by atoms with E-state index in [4.69, 9.17) is 0 Å². The lowest BCUT2D eigenvalue weighted by Crippen LogP contribution is -2.45. The second kappa shape index (κ2) is 7.77. The molecule has 1 saturated heterocycles. The molecule has 0 unspecified atom stereocenters. The number of hydrogen-bond donors (Lipinski definition) is 2. The van der Waals surface area contributed by atoms with Crippen molar-refractivity contribution in [2.75, 3.05) is 27.2 Å². The Morgan fingerprint density at radius 3 is 2.30 bits per heavy atom. The van der Waals surface area contributed by atoms with Crippen LogP contribution in [0, 0.1) is 0 Å². The molecule has 0 saturated carbocycles. The second-order valence-corrected chi connectivity index (χ2v) is 7.29. The molecular weight excluding hydrogens is 348 g/mol. The van der Waals surface area contributed by atoms with Crippen molar-refractivity contribution in [3.05, 3.63) is 35.4 Å². The quantitative estimate of drug-likeness (QED) is 0.719. The number of rotatable bonds is 6. The number of likely N-dealkylation sites (N-methyl/N-ethyl adjacent to an activating group) is 1. The number of hydrogen-bond acceptors (Lipinski definition) is 4. The molecule has 146 valence electrons. The molecule has 27 heavy (non-hydrogen) atoms. The molecule has 1 aliphatic heterocycles. The normalized spacial score (nSPS) is 19.3. The zero-order valence-electron chi connectivity index (χ0n) is 16.3. The first-order valence-corrected chi connectivity index (χ1v) is 8.77. The molecular formula is C19H26N4O4. The molecule has 8 heteroatoms. The van der Waals surface area contributed by atoms with Crippen LogP contribution in [0.15, 0.2) is 24.3 Å². The van der Waals surface area contributed by atoms with Gasteiger partial charge in [-0.1, -0.05) is 38.1 Å². The summed E-state index contributed by atoms with van der Waals surface area (Å²) >= 11 is 0. The van der Waals surface area contributed by atoms with Crippen molar-refractivity contribution in [2.24, 2.45) is 0 Å². The van der Waals surface area contributed by atoms with Gasteiger partial charge in [-0.25, -0.2) is 4.79 Å². The van der Waals surface area contributed by atoms with Crippen molar-refractivity contribution in [3.8, 4) is 0 Å². The Hall–Kier alpha value is -2.90. The van der Waals surface area contributed by atoms with Gasteiger partial charge in [-0.2, -0.15) is 0 Å². The number of carbonyl (C=O) groups excluding carboxylic acids is 4. The molecule has 1 aromatic rings. The van der Waals surface area contributed by atoms with Gasteiger partial charge in [-0.3, -0.25) is 19.3 Å². The minimum atomic E-state index is -1.23. The summed E-state index contributed by atoms with van der Waals surface area (Å²) in [6, 6.07) is 6.84. The predicted molar refractivity (Wildman–Crippen MR) is 99.8 cm³/mol. The third kappa shape index (κ3) is 4.27. The maximum absolute atomic E-state index is 12.8. The van der Waals surface area contributed by atoms with Crippen LogP contribution >= 0.6 is 0 Å². The van der Waals surface area contributed by atoms with Gasteiger partial charge in [-0.15, -0.1) is 0 Å². The van der Waals surface area contributed by atoms with Gasteiger partial charge < -0.3 is 15.5 Å². The smallest absolute Gasteiger partial charge is 0.325 e. The first-order chi connectivity index (χ1) is 12.6. The molecule has 5 amide bonds. The average molecular weight is 374 g/mol. The lowest BCUT2D eigenvalue weighted by Gasteiger charge is -2.22. The first-order valence-electron chi connectivity index (χ1n) is 8.77. The molecule has 1 atom stereocenters. The van der Waals surface area contributed by atoms with E-state index in [1.165, 1.54) is 4.90 Å². The third-order valence-corrected chi connectivity index (χ3v) is 4.67. The fraction of sp³-hybridized carbons (Fsp3) is 0.474. The zero-order chi connectivity index (χ0) is 20.4. The Morgan fingerprint density at radius 1 is 1.19 bits per heavy atom. The van der Waals surface area contributed by atoms with Crippen LogP contribution in [-0.4, -0.2) is 60.7 Å². The summed E-state index contributed by atoms with van der Waals surface area (Å²) in [5.41, 5.74) is 0.545. The van der Waals surface area contributed by atoms with Crippen LogP contribution in [0.1, 0.15) is 37.8 Å². The highest BCUT2D eigenvalue weighted by Crippen LogP contribution is 2.29. The topological polar surface area (TPSA) is 98.8 Å². The molecule has 0 aliphatic carbocycles. The van der Waals surface area contributed by atoms with E-state index in [0.29, 0.717) is 11.5 Å². The van der Waals surface area contributed by atoms with E-state index in [1.54, 1.807) is 21.0 Å². The third-order valence-electron chi connectivity index (χ3n) is 4.67. The summed E-state index contributed by atoms with van der Waals surface area (Å²) in [7, 11) is 3.14. The monoisotopic (exact) mass is 374 g/mol. The highest BCUT2D eigenvalue weighted by molar-refractivity contribution is 6.09. The molecule has 1 aromatic carbocycles. The average Bonchev–Trinajstić information content (AvgIpc) is 2.83. The van der Waals surface area contributed by atoms with Crippen LogP contribution < -0.4 is 10.6 Å². The first kappa shape index (κ1) is 20.4. The lowest BCUT2D eigenvalue weighted by molar-refractivity contribution is -0.135. The van der Waals surface area contributed by atoms with Crippen LogP contribution in [0.4, 0.5) is 4.79 Å². The highest BCUT2D eigenvalue weighted by atomic mass is 16.2. The van der Waals surface area contributed by atoms with Crippen LogP contribution in [0.2, 0.25) is 0 Å². The number of benzene rings is 1. The molecule has 0 bridgehead atoms. The summed E-state index contributed by atoms with van der Waals surface area (Å²) < 4.78 is 0. The number of nitrogens with one attached hydrogen (secondary N) is 2. The van der Waals surface area contributed by atoms with Crippen LogP contribution in [0.5, 0.6) is 0 Å². The maximum atomic E-state index is 12.8. The van der Waals surface area contributed by atoms with E-state index < -0.39 is 29.9 Å². The van der Waals surface area contributed by atoms with Crippen molar-refractivity contribution in [1.29, 1.82) is 0 Å². The Kier molecular flexibility index (Phi) is 5.88. The lowest BCUT2D eigenvalue weighted by atomic mass is 9.90. The van der Waals surface area contributed by atoms with Crippen molar-refractivity contribution in [3.63, 3.8) is 0 Å². The number of imide groups is 1. The Balaban J connectivity index is 2.09. The minimum Gasteiger partial charge on any atom is -0.347 e. The van der Waals surface area contributed by atoms with Gasteiger partial charge in [0.25, 0.3) is 5.91 Å². The minimum absolute atomic E-state index is 0.191. The summed E-state index contributed by atoms with van der Waals surface area (Å²) in [6.07, 6.45) is 0. The predicted octanol–water partition coefficient (Wildman–Crippen LogP) is 0.781. The molecule has 0 aromatic heterocycles. The van der Waals surface area contributed by atoms with Crippen LogP contribution in [0.3, 0.4) is 0 Å². The van der Waals surface area contributed by atoms with Crippen LogP contribution in [-0.2, 0) is 19.9 Å². The Morgan fingerprint density at radius 2 is 1.78 bits per heavy atom. The molecule has 1 fully saturated rings. The van der Waals surface area contributed by atoms with Gasteiger partial charge in [0.15, 0.2) is 0 Å². The van der Waals surface area contributed by atoms with Crippen LogP contribution in [0.25, 0.3) is 0 Å². The van der Waals surface area contributed by atoms with Gasteiger partial charge in [-0.05, 0) is 24.0 Å². The number of nitrogens with zero attached hydrogens (tertiary/aromatic N) is 2. The number of amides is 5. The molecule has 0 radical (unpaired) electrons.